The van der Waals surface area contributed by atoms with Crippen molar-refractivity contribution < 1.29 is 37.6 Å². The van der Waals surface area contributed by atoms with Crippen LogP contribution < -0.4 is 16.5 Å². The molecule has 10 nitrogen and oxygen atoms in total. The highest BCUT2D eigenvalue weighted by Gasteiger charge is 2.45. The van der Waals surface area contributed by atoms with E-state index in [0.29, 0.717) is 12.8 Å². The largest absolute Gasteiger partial charge is 0.435 e. The van der Waals surface area contributed by atoms with Crippen LogP contribution in [0.4, 0.5) is 18.9 Å². The van der Waals surface area contributed by atoms with Gasteiger partial charge in [0.05, 0.1) is 28.2 Å². The SMILES string of the molecule is CC1(C)CC(=O)c2c(C(F)(F)F)nn(-c3ccc(C(N)=O)c(NC(=O)CCCCC(=O)NO)c3)c2C1. The summed E-state index contributed by atoms with van der Waals surface area (Å²) in [5.74, 6) is -2.64. The topological polar surface area (TPSA) is 156 Å². The number of ketones is 1. The lowest BCUT2D eigenvalue weighted by atomic mass is 9.75. The van der Waals surface area contributed by atoms with E-state index in [4.69, 9.17) is 10.9 Å². The van der Waals surface area contributed by atoms with Gasteiger partial charge in [-0.3, -0.25) is 24.4 Å². The maximum atomic E-state index is 13.7. The number of nitrogens with one attached hydrogen (secondary N) is 2. The van der Waals surface area contributed by atoms with Crippen LogP contribution >= 0.6 is 0 Å². The number of primary amides is 1. The number of rotatable bonds is 8. The van der Waals surface area contributed by atoms with Gasteiger partial charge in [-0.25, -0.2) is 10.2 Å². The van der Waals surface area contributed by atoms with Gasteiger partial charge in [0.15, 0.2) is 11.5 Å². The van der Waals surface area contributed by atoms with Crippen molar-refractivity contribution in [3.63, 3.8) is 0 Å². The predicted octanol–water partition coefficient (Wildman–Crippen LogP) is 3.15. The minimum atomic E-state index is -4.86. The highest BCUT2D eigenvalue weighted by molar-refractivity contribution is 6.03. The van der Waals surface area contributed by atoms with Gasteiger partial charge in [-0.2, -0.15) is 18.3 Å². The van der Waals surface area contributed by atoms with E-state index in [1.807, 2.05) is 0 Å². The third-order valence-electron chi connectivity index (χ3n) is 5.78. The smallest absolute Gasteiger partial charge is 0.366 e. The molecule has 1 aliphatic carbocycles. The van der Waals surface area contributed by atoms with E-state index in [-0.39, 0.29) is 48.3 Å². The zero-order valence-electron chi connectivity index (χ0n) is 19.7. The molecular formula is C23H26F3N5O5. The van der Waals surface area contributed by atoms with Gasteiger partial charge in [0.1, 0.15) is 0 Å². The Morgan fingerprint density at radius 3 is 2.36 bits per heavy atom. The fourth-order valence-corrected chi connectivity index (χ4v) is 4.18. The van der Waals surface area contributed by atoms with E-state index >= 15 is 0 Å². The Kier molecular flexibility index (Phi) is 7.53. The summed E-state index contributed by atoms with van der Waals surface area (Å²) in [4.78, 5) is 48.0. The number of halogens is 3. The highest BCUT2D eigenvalue weighted by atomic mass is 19.4. The number of nitrogens with two attached hydrogens (primary N) is 1. The van der Waals surface area contributed by atoms with Crippen LogP contribution in [0.2, 0.25) is 0 Å². The van der Waals surface area contributed by atoms with E-state index < -0.39 is 46.4 Å². The van der Waals surface area contributed by atoms with Crippen molar-refractivity contribution in [2.45, 2.75) is 58.5 Å². The zero-order valence-corrected chi connectivity index (χ0v) is 19.7. The van der Waals surface area contributed by atoms with Gasteiger partial charge < -0.3 is 11.1 Å². The molecule has 0 atom stereocenters. The summed E-state index contributed by atoms with van der Waals surface area (Å²) in [7, 11) is 0. The Hall–Kier alpha value is -3.74. The fraction of sp³-hybridized carbons (Fsp3) is 0.435. The van der Waals surface area contributed by atoms with E-state index in [1.54, 1.807) is 13.8 Å². The summed E-state index contributed by atoms with van der Waals surface area (Å²) >= 11 is 0. The number of carbonyl (C=O) groups is 4. The summed E-state index contributed by atoms with van der Waals surface area (Å²) in [5.41, 5.74) is 4.63. The molecule has 0 saturated heterocycles. The maximum absolute atomic E-state index is 13.7. The number of anilines is 1. The number of hydroxylamine groups is 1. The molecule has 1 heterocycles. The molecule has 0 aliphatic heterocycles. The standard InChI is InChI=1S/C23H26F3N5O5/c1-22(2)10-15-19(16(32)11-22)20(23(24,25)26)29-31(15)12-7-8-13(21(27)35)14(9-12)28-17(33)5-3-4-6-18(34)30-36/h7-9,36H,3-6,10-11H2,1-2H3,(H2,27,35)(H,28,33)(H,30,34). The lowest BCUT2D eigenvalue weighted by Crippen LogP contribution is -2.29. The molecule has 0 spiro atoms. The second-order valence-corrected chi connectivity index (χ2v) is 9.41. The van der Waals surface area contributed by atoms with Gasteiger partial charge in [0.2, 0.25) is 11.8 Å². The van der Waals surface area contributed by atoms with E-state index in [2.05, 4.69) is 10.4 Å². The van der Waals surface area contributed by atoms with Crippen molar-refractivity contribution in [1.29, 1.82) is 0 Å². The Balaban J connectivity index is 1.97. The highest BCUT2D eigenvalue weighted by Crippen LogP contribution is 2.42. The lowest BCUT2D eigenvalue weighted by Gasteiger charge is -2.29. The first kappa shape index (κ1) is 26.9. The average Bonchev–Trinajstić information content (AvgIpc) is 3.15. The molecule has 0 bridgehead atoms. The normalized spacial score (nSPS) is 14.8. The summed E-state index contributed by atoms with van der Waals surface area (Å²) < 4.78 is 42.2. The molecule has 1 aromatic heterocycles. The van der Waals surface area contributed by atoms with Crippen LogP contribution in [0.1, 0.15) is 78.1 Å². The number of hydrogen-bond acceptors (Lipinski definition) is 6. The Bertz CT molecular complexity index is 1220. The van der Waals surface area contributed by atoms with E-state index in [0.717, 1.165) is 4.68 Å². The van der Waals surface area contributed by atoms with Gasteiger partial charge in [-0.15, -0.1) is 0 Å². The van der Waals surface area contributed by atoms with E-state index in [9.17, 15) is 32.3 Å². The molecule has 194 valence electrons. The molecule has 0 saturated carbocycles. The number of nitrogens with zero attached hydrogens (tertiary/aromatic N) is 2. The summed E-state index contributed by atoms with van der Waals surface area (Å²) in [6.07, 6.45) is -4.18. The molecule has 1 aromatic carbocycles. The number of amides is 3. The molecule has 1 aliphatic rings. The number of alkyl halides is 3. The first-order valence-corrected chi connectivity index (χ1v) is 11.1. The van der Waals surface area contributed by atoms with Gasteiger partial charge in [-0.1, -0.05) is 13.8 Å². The van der Waals surface area contributed by atoms with Crippen LogP contribution in [-0.2, 0) is 22.2 Å². The molecule has 3 rings (SSSR count). The lowest BCUT2D eigenvalue weighted by molar-refractivity contribution is -0.141. The molecule has 0 radical (unpaired) electrons. The summed E-state index contributed by atoms with van der Waals surface area (Å²) in [5, 5.41) is 14.7. The van der Waals surface area contributed by atoms with Crippen LogP contribution in [-0.4, -0.2) is 38.5 Å². The van der Waals surface area contributed by atoms with Crippen LogP contribution in [0.25, 0.3) is 5.69 Å². The van der Waals surface area contributed by atoms with Crippen molar-refractivity contribution in [2.75, 3.05) is 5.32 Å². The quantitative estimate of drug-likeness (QED) is 0.243. The number of aromatic nitrogens is 2. The predicted molar refractivity (Wildman–Crippen MR) is 121 cm³/mol. The van der Waals surface area contributed by atoms with Crippen molar-refractivity contribution in [3.05, 3.63) is 40.7 Å². The Morgan fingerprint density at radius 1 is 1.14 bits per heavy atom. The fourth-order valence-electron chi connectivity index (χ4n) is 4.18. The van der Waals surface area contributed by atoms with Crippen LogP contribution in [0.15, 0.2) is 18.2 Å². The average molecular weight is 509 g/mol. The Labute approximate surface area is 204 Å². The molecule has 13 heteroatoms. The van der Waals surface area contributed by atoms with Crippen LogP contribution in [0.5, 0.6) is 0 Å². The number of Topliss-reactive ketones (excluding diaryl/α,β-unsaturated/α-hetero) is 1. The van der Waals surface area contributed by atoms with Crippen molar-refractivity contribution in [3.8, 4) is 5.69 Å². The number of benzene rings is 1. The molecule has 2 aromatic rings. The molecule has 3 amide bonds. The molecular weight excluding hydrogens is 483 g/mol. The van der Waals surface area contributed by atoms with Gasteiger partial charge >= 0.3 is 6.18 Å². The number of unbranched alkanes of at least 4 members (excludes halogenated alkanes) is 1. The van der Waals surface area contributed by atoms with Gasteiger partial charge in [0.25, 0.3) is 5.91 Å². The second kappa shape index (κ2) is 10.1. The molecule has 36 heavy (non-hydrogen) atoms. The zero-order chi connectivity index (χ0) is 26.8. The van der Waals surface area contributed by atoms with Gasteiger partial charge in [0, 0.05) is 19.3 Å². The van der Waals surface area contributed by atoms with Crippen LogP contribution in [0, 0.1) is 5.41 Å². The number of hydrogen-bond donors (Lipinski definition) is 4. The maximum Gasteiger partial charge on any atom is 0.435 e. The van der Waals surface area contributed by atoms with Crippen molar-refractivity contribution in [1.82, 2.24) is 15.3 Å². The third-order valence-corrected chi connectivity index (χ3v) is 5.78. The third kappa shape index (κ3) is 5.90. The van der Waals surface area contributed by atoms with Crippen LogP contribution in [0.3, 0.4) is 0 Å². The monoisotopic (exact) mass is 509 g/mol. The van der Waals surface area contributed by atoms with Crippen molar-refractivity contribution >= 4 is 29.2 Å². The van der Waals surface area contributed by atoms with Crippen molar-refractivity contribution in [2.24, 2.45) is 11.1 Å². The Morgan fingerprint density at radius 2 is 1.78 bits per heavy atom. The summed E-state index contributed by atoms with van der Waals surface area (Å²) in [6.45, 7) is 3.54. The molecule has 0 unspecified atom stereocenters. The number of fused-ring (bicyclic) bond motifs is 1. The minimum Gasteiger partial charge on any atom is -0.366 e. The first-order chi connectivity index (χ1) is 16.7. The minimum absolute atomic E-state index is 0.00676. The molecule has 0 fully saturated rings. The van der Waals surface area contributed by atoms with Gasteiger partial charge in [-0.05, 0) is 42.9 Å². The molecule has 5 N–H and O–H groups in total. The second-order valence-electron chi connectivity index (χ2n) is 9.41. The first-order valence-electron chi connectivity index (χ1n) is 11.1. The number of carbonyl (C=O) groups excluding carboxylic acids is 4. The summed E-state index contributed by atoms with van der Waals surface area (Å²) in [6, 6.07) is 3.87. The van der Waals surface area contributed by atoms with E-state index in [1.165, 1.54) is 23.7 Å².